The molecule has 0 aliphatic rings. The number of ether oxygens (including phenoxy) is 3. The van der Waals surface area contributed by atoms with Gasteiger partial charge in [0, 0.05) is 12.3 Å². The third-order valence-electron chi connectivity index (χ3n) is 3.55. The first-order valence-electron chi connectivity index (χ1n) is 8.56. The summed E-state index contributed by atoms with van der Waals surface area (Å²) in [7, 11) is 0. The number of para-hydroxylation sites is 1. The zero-order chi connectivity index (χ0) is 18.8. The number of anilines is 1. The second-order valence-electron chi connectivity index (χ2n) is 5.63. The molecule has 0 radical (unpaired) electrons. The fraction of sp³-hybridized carbons (Fsp3) is 0.350. The third kappa shape index (κ3) is 6.67. The van der Waals surface area contributed by atoms with Crippen LogP contribution in [0.5, 0.6) is 5.75 Å². The van der Waals surface area contributed by atoms with Crippen LogP contribution in [0.1, 0.15) is 19.4 Å². The van der Waals surface area contributed by atoms with Gasteiger partial charge in [0.25, 0.3) is 5.91 Å². The van der Waals surface area contributed by atoms with E-state index in [4.69, 9.17) is 25.8 Å². The smallest absolute Gasteiger partial charge is 0.265 e. The Morgan fingerprint density at radius 3 is 2.65 bits per heavy atom. The fourth-order valence-electron chi connectivity index (χ4n) is 2.22. The molecule has 26 heavy (non-hydrogen) atoms. The molecule has 0 aliphatic heterocycles. The van der Waals surface area contributed by atoms with Crippen molar-refractivity contribution >= 4 is 23.2 Å². The minimum Gasteiger partial charge on any atom is -0.479 e. The molecule has 5 nitrogen and oxygen atoms in total. The number of benzene rings is 2. The van der Waals surface area contributed by atoms with Gasteiger partial charge in [-0.05, 0) is 43.7 Å². The van der Waals surface area contributed by atoms with E-state index in [1.54, 1.807) is 25.1 Å². The maximum Gasteiger partial charge on any atom is 0.265 e. The molecule has 1 amide bonds. The van der Waals surface area contributed by atoms with Gasteiger partial charge in [-0.15, -0.1) is 0 Å². The Kier molecular flexibility index (Phi) is 8.41. The molecule has 0 saturated carbocycles. The van der Waals surface area contributed by atoms with E-state index in [2.05, 4.69) is 5.32 Å². The Bertz CT molecular complexity index is 708. The van der Waals surface area contributed by atoms with Crippen LogP contribution in [0.25, 0.3) is 0 Å². The van der Waals surface area contributed by atoms with E-state index in [0.717, 1.165) is 5.56 Å². The van der Waals surface area contributed by atoms with E-state index in [1.165, 1.54) is 0 Å². The summed E-state index contributed by atoms with van der Waals surface area (Å²) < 4.78 is 16.4. The molecule has 6 heteroatoms. The minimum atomic E-state index is -0.680. The predicted octanol–water partition coefficient (Wildman–Crippen LogP) is 4.30. The first-order valence-corrected chi connectivity index (χ1v) is 8.94. The lowest BCUT2D eigenvalue weighted by Gasteiger charge is -2.16. The normalized spacial score (nSPS) is 11.8. The Labute approximate surface area is 159 Å². The number of carbonyl (C=O) groups is 1. The van der Waals surface area contributed by atoms with Gasteiger partial charge in [-0.25, -0.2) is 0 Å². The van der Waals surface area contributed by atoms with Gasteiger partial charge in [-0.2, -0.15) is 0 Å². The zero-order valence-corrected chi connectivity index (χ0v) is 15.8. The summed E-state index contributed by atoms with van der Waals surface area (Å²) in [5.74, 6) is 0.229. The van der Waals surface area contributed by atoms with Crippen LogP contribution in [-0.2, 0) is 20.9 Å². The molecule has 2 rings (SSSR count). The molecule has 1 N–H and O–H groups in total. The molecule has 0 aromatic heterocycles. The summed E-state index contributed by atoms with van der Waals surface area (Å²) in [6, 6.07) is 14.6. The summed E-state index contributed by atoms with van der Waals surface area (Å²) in [5, 5.41) is 3.32. The molecule has 1 atom stereocenters. The van der Waals surface area contributed by atoms with E-state index in [0.29, 0.717) is 42.9 Å². The number of hydrogen-bond acceptors (Lipinski definition) is 4. The Morgan fingerprint density at radius 1 is 1.12 bits per heavy atom. The minimum absolute atomic E-state index is 0.251. The fourth-order valence-corrected chi connectivity index (χ4v) is 2.40. The van der Waals surface area contributed by atoms with E-state index in [9.17, 15) is 4.79 Å². The van der Waals surface area contributed by atoms with Crippen molar-refractivity contribution in [2.45, 2.75) is 26.6 Å². The summed E-state index contributed by atoms with van der Waals surface area (Å²) in [6.45, 7) is 5.88. The van der Waals surface area contributed by atoms with Gasteiger partial charge >= 0.3 is 0 Å². The maximum absolute atomic E-state index is 12.3. The van der Waals surface area contributed by atoms with Gasteiger partial charge < -0.3 is 19.5 Å². The highest BCUT2D eigenvalue weighted by atomic mass is 35.5. The van der Waals surface area contributed by atoms with Gasteiger partial charge in [0.1, 0.15) is 5.75 Å². The van der Waals surface area contributed by atoms with Crippen molar-refractivity contribution in [1.29, 1.82) is 0 Å². The second-order valence-corrected chi connectivity index (χ2v) is 6.04. The quantitative estimate of drug-likeness (QED) is 0.627. The zero-order valence-electron chi connectivity index (χ0n) is 15.0. The Hall–Kier alpha value is -2.08. The van der Waals surface area contributed by atoms with E-state index >= 15 is 0 Å². The lowest BCUT2D eigenvalue weighted by Crippen LogP contribution is -2.30. The molecule has 140 valence electrons. The molecule has 0 heterocycles. The molecular formula is C20H24ClNO4. The van der Waals surface area contributed by atoms with Crippen LogP contribution >= 0.6 is 11.6 Å². The molecular weight excluding hydrogens is 354 g/mol. The number of hydrogen-bond donors (Lipinski definition) is 1. The average Bonchev–Trinajstić information content (AvgIpc) is 2.63. The highest BCUT2D eigenvalue weighted by molar-refractivity contribution is 6.32. The second kappa shape index (κ2) is 10.8. The summed E-state index contributed by atoms with van der Waals surface area (Å²) in [6.07, 6.45) is -0.680. The highest BCUT2D eigenvalue weighted by Gasteiger charge is 2.16. The Balaban J connectivity index is 1.86. The Morgan fingerprint density at radius 2 is 1.88 bits per heavy atom. The molecule has 0 spiro atoms. The first kappa shape index (κ1) is 20.2. The molecule has 0 aliphatic carbocycles. The van der Waals surface area contributed by atoms with Gasteiger partial charge in [0.05, 0.1) is 24.8 Å². The summed E-state index contributed by atoms with van der Waals surface area (Å²) in [4.78, 5) is 12.3. The van der Waals surface area contributed by atoms with Crippen molar-refractivity contribution < 1.29 is 19.0 Å². The summed E-state index contributed by atoms with van der Waals surface area (Å²) >= 11 is 6.05. The molecule has 0 bridgehead atoms. The molecule has 0 saturated heterocycles. The standard InChI is InChI=1S/C20H24ClNO4/c1-3-24-11-12-25-14-16-7-6-8-17(13-16)22-20(23)15(2)26-19-10-5-4-9-18(19)21/h4-10,13,15H,3,11-12,14H2,1-2H3,(H,22,23). The van der Waals surface area contributed by atoms with Crippen LogP contribution in [-0.4, -0.2) is 31.8 Å². The molecule has 1 unspecified atom stereocenters. The average molecular weight is 378 g/mol. The van der Waals surface area contributed by atoms with Crippen LogP contribution in [0.2, 0.25) is 5.02 Å². The highest BCUT2D eigenvalue weighted by Crippen LogP contribution is 2.24. The first-order chi connectivity index (χ1) is 12.6. The number of carbonyl (C=O) groups excluding carboxylic acids is 1. The van der Waals surface area contributed by atoms with Gasteiger partial charge in [0.15, 0.2) is 6.10 Å². The van der Waals surface area contributed by atoms with Crippen LogP contribution in [0.3, 0.4) is 0 Å². The summed E-state index contributed by atoms with van der Waals surface area (Å²) in [5.41, 5.74) is 1.66. The monoisotopic (exact) mass is 377 g/mol. The lowest BCUT2D eigenvalue weighted by atomic mass is 10.2. The van der Waals surface area contributed by atoms with Crippen molar-refractivity contribution in [3.8, 4) is 5.75 Å². The van der Waals surface area contributed by atoms with E-state index < -0.39 is 6.10 Å². The largest absolute Gasteiger partial charge is 0.479 e. The van der Waals surface area contributed by atoms with Gasteiger partial charge in [-0.3, -0.25) is 4.79 Å². The van der Waals surface area contributed by atoms with E-state index in [-0.39, 0.29) is 5.91 Å². The van der Waals surface area contributed by atoms with Gasteiger partial charge in [0.2, 0.25) is 0 Å². The third-order valence-corrected chi connectivity index (χ3v) is 3.86. The number of halogens is 1. The van der Waals surface area contributed by atoms with Crippen molar-refractivity contribution in [2.75, 3.05) is 25.1 Å². The van der Waals surface area contributed by atoms with Crippen molar-refractivity contribution in [3.05, 3.63) is 59.1 Å². The van der Waals surface area contributed by atoms with Crippen molar-refractivity contribution in [3.63, 3.8) is 0 Å². The topological polar surface area (TPSA) is 56.8 Å². The van der Waals surface area contributed by atoms with Crippen molar-refractivity contribution in [2.24, 2.45) is 0 Å². The van der Waals surface area contributed by atoms with E-state index in [1.807, 2.05) is 37.3 Å². The maximum atomic E-state index is 12.3. The lowest BCUT2D eigenvalue weighted by molar-refractivity contribution is -0.122. The van der Waals surface area contributed by atoms with Crippen LogP contribution in [0, 0.1) is 0 Å². The predicted molar refractivity (Wildman–Crippen MR) is 103 cm³/mol. The molecule has 0 fully saturated rings. The number of amides is 1. The van der Waals surface area contributed by atoms with Gasteiger partial charge in [-0.1, -0.05) is 35.9 Å². The van der Waals surface area contributed by atoms with Crippen LogP contribution in [0.15, 0.2) is 48.5 Å². The number of nitrogens with one attached hydrogen (secondary N) is 1. The molecule has 2 aromatic rings. The van der Waals surface area contributed by atoms with Crippen molar-refractivity contribution in [1.82, 2.24) is 0 Å². The van der Waals surface area contributed by atoms with Crippen LogP contribution < -0.4 is 10.1 Å². The molecule has 2 aromatic carbocycles. The SMILES string of the molecule is CCOCCOCc1cccc(NC(=O)C(C)Oc2ccccc2Cl)c1. The number of rotatable bonds is 10. The van der Waals surface area contributed by atoms with Crippen LogP contribution in [0.4, 0.5) is 5.69 Å².